The smallest absolute Gasteiger partial charge is 0.336 e. The molecule has 0 unspecified atom stereocenters. The van der Waals surface area contributed by atoms with Gasteiger partial charge in [0.1, 0.15) is 12.3 Å². The number of halogens is 2. The molecule has 0 fully saturated rings. The average molecular weight is 441 g/mol. The Hall–Kier alpha value is -2.68. The molecular formula is C19H18Cl2N2O6. The Morgan fingerprint density at radius 2 is 1.97 bits per heavy atom. The molecule has 2 aromatic rings. The predicted molar refractivity (Wildman–Crippen MR) is 109 cm³/mol. The number of ether oxygens (including phenoxy) is 1. The fourth-order valence-corrected chi connectivity index (χ4v) is 3.24. The number of benzene rings is 2. The standard InChI is InChI=1S/C19H18Cl2N2O6/c1-2-13-14(19(25)26)5-6-16(23(27)28)18(13)22-17(24)10-29-8-7-11-3-4-12(20)9-15(11)21/h3-6,9H,2,7-8,10H2,1H3,(H,22,24)(H,25,26). The van der Waals surface area contributed by atoms with E-state index in [-0.39, 0.29) is 42.1 Å². The zero-order valence-corrected chi connectivity index (χ0v) is 16.9. The molecule has 0 spiro atoms. The van der Waals surface area contributed by atoms with Crippen LogP contribution in [0.25, 0.3) is 0 Å². The van der Waals surface area contributed by atoms with Crippen molar-refractivity contribution in [2.45, 2.75) is 19.8 Å². The number of aromatic carboxylic acids is 1. The second kappa shape index (κ2) is 10.2. The molecule has 0 aliphatic carbocycles. The lowest BCUT2D eigenvalue weighted by Gasteiger charge is -2.13. The Bertz CT molecular complexity index is 949. The van der Waals surface area contributed by atoms with Gasteiger partial charge in [-0.05, 0) is 42.2 Å². The highest BCUT2D eigenvalue weighted by molar-refractivity contribution is 6.35. The molecule has 154 valence electrons. The van der Waals surface area contributed by atoms with E-state index in [2.05, 4.69) is 5.32 Å². The van der Waals surface area contributed by atoms with E-state index in [1.807, 2.05) is 0 Å². The van der Waals surface area contributed by atoms with Crippen molar-refractivity contribution in [2.75, 3.05) is 18.5 Å². The van der Waals surface area contributed by atoms with Crippen molar-refractivity contribution in [3.63, 3.8) is 0 Å². The van der Waals surface area contributed by atoms with Gasteiger partial charge in [-0.1, -0.05) is 36.2 Å². The molecule has 1 amide bonds. The van der Waals surface area contributed by atoms with E-state index in [4.69, 9.17) is 27.9 Å². The molecule has 0 aromatic heterocycles. The molecule has 0 heterocycles. The van der Waals surface area contributed by atoms with Gasteiger partial charge in [0, 0.05) is 16.1 Å². The number of carboxylic acids is 1. The van der Waals surface area contributed by atoms with E-state index in [1.54, 1.807) is 25.1 Å². The number of carboxylic acid groups (broad SMARTS) is 1. The van der Waals surface area contributed by atoms with Crippen molar-refractivity contribution >= 4 is 46.5 Å². The minimum absolute atomic E-state index is 0.105. The zero-order chi connectivity index (χ0) is 21.6. The number of hydrogen-bond donors (Lipinski definition) is 2. The molecule has 29 heavy (non-hydrogen) atoms. The fraction of sp³-hybridized carbons (Fsp3) is 0.263. The van der Waals surface area contributed by atoms with Crippen LogP contribution in [-0.2, 0) is 22.4 Å². The zero-order valence-electron chi connectivity index (χ0n) is 15.4. The van der Waals surface area contributed by atoms with Gasteiger partial charge in [-0.25, -0.2) is 4.79 Å². The Kier molecular flexibility index (Phi) is 7.95. The highest BCUT2D eigenvalue weighted by Gasteiger charge is 2.24. The second-order valence-electron chi connectivity index (χ2n) is 5.99. The van der Waals surface area contributed by atoms with Gasteiger partial charge in [0.05, 0.1) is 17.1 Å². The third-order valence-corrected chi connectivity index (χ3v) is 4.69. The lowest BCUT2D eigenvalue weighted by molar-refractivity contribution is -0.384. The molecule has 0 saturated heterocycles. The van der Waals surface area contributed by atoms with Crippen molar-refractivity contribution in [1.82, 2.24) is 0 Å². The van der Waals surface area contributed by atoms with Gasteiger partial charge in [0.25, 0.3) is 11.6 Å². The minimum Gasteiger partial charge on any atom is -0.478 e. The molecular weight excluding hydrogens is 423 g/mol. The number of carbonyl (C=O) groups is 2. The Morgan fingerprint density at radius 3 is 2.55 bits per heavy atom. The van der Waals surface area contributed by atoms with Gasteiger partial charge in [-0.2, -0.15) is 0 Å². The number of hydrogen-bond acceptors (Lipinski definition) is 5. The van der Waals surface area contributed by atoms with Gasteiger partial charge >= 0.3 is 5.97 Å². The molecule has 2 N–H and O–H groups in total. The van der Waals surface area contributed by atoms with Crippen LogP contribution in [0.4, 0.5) is 11.4 Å². The predicted octanol–water partition coefficient (Wildman–Crippen LogP) is 4.36. The van der Waals surface area contributed by atoms with Crippen molar-refractivity contribution in [3.8, 4) is 0 Å². The summed E-state index contributed by atoms with van der Waals surface area (Å²) in [5.41, 5.74) is 0.356. The minimum atomic E-state index is -1.23. The van der Waals surface area contributed by atoms with Crippen LogP contribution in [-0.4, -0.2) is 35.1 Å². The molecule has 2 aromatic carbocycles. The summed E-state index contributed by atoms with van der Waals surface area (Å²) in [7, 11) is 0. The summed E-state index contributed by atoms with van der Waals surface area (Å²) in [4.78, 5) is 34.2. The first kappa shape index (κ1) is 22.6. The van der Waals surface area contributed by atoms with Gasteiger partial charge < -0.3 is 15.2 Å². The molecule has 0 radical (unpaired) electrons. The largest absolute Gasteiger partial charge is 0.478 e. The summed E-state index contributed by atoms with van der Waals surface area (Å²) >= 11 is 11.9. The number of rotatable bonds is 9. The summed E-state index contributed by atoms with van der Waals surface area (Å²) in [6.07, 6.45) is 0.632. The number of nitrogens with zero attached hydrogens (tertiary/aromatic N) is 1. The van der Waals surface area contributed by atoms with E-state index in [0.717, 1.165) is 17.7 Å². The quantitative estimate of drug-likeness (QED) is 0.339. The van der Waals surface area contributed by atoms with Gasteiger partial charge in [0.2, 0.25) is 0 Å². The van der Waals surface area contributed by atoms with E-state index < -0.39 is 16.8 Å². The lowest BCUT2D eigenvalue weighted by Crippen LogP contribution is -2.21. The highest BCUT2D eigenvalue weighted by Crippen LogP contribution is 2.31. The van der Waals surface area contributed by atoms with Crippen LogP contribution in [0.5, 0.6) is 0 Å². The highest BCUT2D eigenvalue weighted by atomic mass is 35.5. The molecule has 0 aliphatic rings. The molecule has 8 nitrogen and oxygen atoms in total. The first-order chi connectivity index (χ1) is 13.7. The van der Waals surface area contributed by atoms with E-state index in [9.17, 15) is 24.8 Å². The van der Waals surface area contributed by atoms with E-state index in [1.165, 1.54) is 0 Å². The number of nitro benzene ring substituents is 1. The monoisotopic (exact) mass is 440 g/mol. The molecule has 0 atom stereocenters. The molecule has 0 aliphatic heterocycles. The van der Waals surface area contributed by atoms with Crippen molar-refractivity contribution in [3.05, 3.63) is 67.2 Å². The van der Waals surface area contributed by atoms with E-state index in [0.29, 0.717) is 16.5 Å². The van der Waals surface area contributed by atoms with Gasteiger partial charge in [0.15, 0.2) is 0 Å². The van der Waals surface area contributed by atoms with Crippen LogP contribution in [0.3, 0.4) is 0 Å². The maximum atomic E-state index is 12.2. The van der Waals surface area contributed by atoms with Gasteiger partial charge in [-0.3, -0.25) is 14.9 Å². The number of nitro groups is 1. The first-order valence-electron chi connectivity index (χ1n) is 8.59. The Morgan fingerprint density at radius 1 is 1.24 bits per heavy atom. The molecule has 2 rings (SSSR count). The van der Waals surface area contributed by atoms with Crippen LogP contribution in [0.2, 0.25) is 10.0 Å². The first-order valence-corrected chi connectivity index (χ1v) is 9.35. The van der Waals surface area contributed by atoms with Crippen LogP contribution in [0, 0.1) is 10.1 Å². The summed E-state index contributed by atoms with van der Waals surface area (Å²) in [6, 6.07) is 7.26. The topological polar surface area (TPSA) is 119 Å². The number of amides is 1. The molecule has 0 bridgehead atoms. The molecule has 0 saturated carbocycles. The number of nitrogens with one attached hydrogen (secondary N) is 1. The maximum Gasteiger partial charge on any atom is 0.336 e. The van der Waals surface area contributed by atoms with Crippen LogP contribution in [0.1, 0.15) is 28.4 Å². The van der Waals surface area contributed by atoms with Crippen molar-refractivity contribution in [1.29, 1.82) is 0 Å². The van der Waals surface area contributed by atoms with Crippen LogP contribution < -0.4 is 5.32 Å². The average Bonchev–Trinajstić information content (AvgIpc) is 2.65. The van der Waals surface area contributed by atoms with Gasteiger partial charge in [-0.15, -0.1) is 0 Å². The van der Waals surface area contributed by atoms with Crippen LogP contribution >= 0.6 is 23.2 Å². The number of anilines is 1. The van der Waals surface area contributed by atoms with E-state index >= 15 is 0 Å². The summed E-state index contributed by atoms with van der Waals surface area (Å²) < 4.78 is 5.32. The Balaban J connectivity index is 2.05. The Labute approximate surface area is 176 Å². The summed E-state index contributed by atoms with van der Waals surface area (Å²) in [5, 5.41) is 24.0. The normalized spacial score (nSPS) is 10.6. The third-order valence-electron chi connectivity index (χ3n) is 4.10. The summed E-state index contributed by atoms with van der Waals surface area (Å²) in [5.74, 6) is -1.86. The number of carbonyl (C=O) groups excluding carboxylic acids is 1. The summed E-state index contributed by atoms with van der Waals surface area (Å²) in [6.45, 7) is 1.48. The second-order valence-corrected chi connectivity index (χ2v) is 6.83. The fourth-order valence-electron chi connectivity index (χ4n) is 2.74. The van der Waals surface area contributed by atoms with Crippen molar-refractivity contribution < 1.29 is 24.4 Å². The SMILES string of the molecule is CCc1c(C(=O)O)ccc([N+](=O)[O-])c1NC(=O)COCCc1ccc(Cl)cc1Cl. The lowest BCUT2D eigenvalue weighted by atomic mass is 10.0. The third kappa shape index (κ3) is 5.90. The maximum absolute atomic E-state index is 12.2. The van der Waals surface area contributed by atoms with Crippen LogP contribution in [0.15, 0.2) is 30.3 Å². The molecule has 10 heteroatoms. The van der Waals surface area contributed by atoms with Crippen molar-refractivity contribution in [2.24, 2.45) is 0 Å².